The van der Waals surface area contributed by atoms with Gasteiger partial charge in [0, 0.05) is 49.3 Å². The normalized spacial score (nSPS) is 15.4. The number of rotatable bonds is 2. The van der Waals surface area contributed by atoms with Crippen molar-refractivity contribution in [1.82, 2.24) is 19.9 Å². The Kier molecular flexibility index (Phi) is 3.68. The zero-order valence-electron chi connectivity index (χ0n) is 12.7. The topological polar surface area (TPSA) is 58.0 Å². The second kappa shape index (κ2) is 5.63. The van der Waals surface area contributed by atoms with Crippen molar-refractivity contribution < 1.29 is 0 Å². The maximum absolute atomic E-state index is 4.54. The van der Waals surface area contributed by atoms with E-state index in [-0.39, 0.29) is 0 Å². The Morgan fingerprint density at radius 1 is 0.905 bits per heavy atom. The molecule has 0 saturated carbocycles. The molecular weight excluding hydrogens is 264 g/mol. The van der Waals surface area contributed by atoms with Gasteiger partial charge >= 0.3 is 0 Å². The van der Waals surface area contributed by atoms with Gasteiger partial charge in [-0.1, -0.05) is 0 Å². The number of hydrogen-bond donors (Lipinski definition) is 0. The molecule has 1 aliphatic rings. The highest BCUT2D eigenvalue weighted by molar-refractivity contribution is 5.47. The van der Waals surface area contributed by atoms with Gasteiger partial charge in [0.05, 0.1) is 0 Å². The fourth-order valence-corrected chi connectivity index (χ4v) is 2.69. The van der Waals surface area contributed by atoms with E-state index >= 15 is 0 Å². The van der Waals surface area contributed by atoms with Crippen LogP contribution in [0.3, 0.4) is 0 Å². The van der Waals surface area contributed by atoms with Crippen LogP contribution in [-0.4, -0.2) is 46.1 Å². The first-order valence-corrected chi connectivity index (χ1v) is 7.22. The van der Waals surface area contributed by atoms with Crippen molar-refractivity contribution in [2.75, 3.05) is 36.0 Å². The molecule has 3 heterocycles. The number of aryl methyl sites for hydroxylation is 3. The molecule has 0 aromatic carbocycles. The van der Waals surface area contributed by atoms with Crippen LogP contribution in [0.5, 0.6) is 0 Å². The third-order valence-electron chi connectivity index (χ3n) is 3.70. The Morgan fingerprint density at radius 3 is 2.14 bits per heavy atom. The van der Waals surface area contributed by atoms with Gasteiger partial charge in [0.15, 0.2) is 0 Å². The smallest absolute Gasteiger partial charge is 0.225 e. The molecule has 1 saturated heterocycles. The summed E-state index contributed by atoms with van der Waals surface area (Å²) in [6, 6.07) is 2.00. The molecule has 0 amide bonds. The number of anilines is 2. The first-order valence-electron chi connectivity index (χ1n) is 7.22. The predicted octanol–water partition coefficient (Wildman–Crippen LogP) is 1.52. The fraction of sp³-hybridized carbons (Fsp3) is 0.467. The standard InChI is InChI=1S/C15H20N6/c1-11-9-16-10-17-14(11)20-4-6-21(7-5-20)15-18-12(2)8-13(3)19-15/h8-10H,4-7H2,1-3H3. The van der Waals surface area contributed by atoms with Gasteiger partial charge in [-0.05, 0) is 26.8 Å². The summed E-state index contributed by atoms with van der Waals surface area (Å²) >= 11 is 0. The maximum Gasteiger partial charge on any atom is 0.225 e. The molecule has 0 N–H and O–H groups in total. The minimum absolute atomic E-state index is 0.839. The molecule has 1 aliphatic heterocycles. The van der Waals surface area contributed by atoms with E-state index in [0.29, 0.717) is 0 Å². The van der Waals surface area contributed by atoms with Gasteiger partial charge in [0.1, 0.15) is 12.1 Å². The van der Waals surface area contributed by atoms with Crippen LogP contribution >= 0.6 is 0 Å². The molecule has 3 rings (SSSR count). The molecule has 0 bridgehead atoms. The van der Waals surface area contributed by atoms with Gasteiger partial charge in [-0.25, -0.2) is 19.9 Å². The minimum Gasteiger partial charge on any atom is -0.353 e. The third kappa shape index (κ3) is 2.94. The van der Waals surface area contributed by atoms with Crippen molar-refractivity contribution in [3.63, 3.8) is 0 Å². The highest BCUT2D eigenvalue weighted by Gasteiger charge is 2.21. The van der Waals surface area contributed by atoms with Gasteiger partial charge in [0.25, 0.3) is 0 Å². The van der Waals surface area contributed by atoms with Crippen LogP contribution in [0, 0.1) is 20.8 Å². The van der Waals surface area contributed by atoms with E-state index in [1.165, 1.54) is 0 Å². The third-order valence-corrected chi connectivity index (χ3v) is 3.70. The molecule has 110 valence electrons. The monoisotopic (exact) mass is 284 g/mol. The van der Waals surface area contributed by atoms with E-state index in [9.17, 15) is 0 Å². The van der Waals surface area contributed by atoms with Crippen molar-refractivity contribution in [1.29, 1.82) is 0 Å². The number of aromatic nitrogens is 4. The Hall–Kier alpha value is -2.24. The molecule has 2 aromatic rings. The molecule has 0 radical (unpaired) electrons. The molecule has 1 fully saturated rings. The van der Waals surface area contributed by atoms with Crippen molar-refractivity contribution in [3.8, 4) is 0 Å². The highest BCUT2D eigenvalue weighted by Crippen LogP contribution is 2.19. The first-order chi connectivity index (χ1) is 10.1. The van der Waals surface area contributed by atoms with Crippen LogP contribution in [0.15, 0.2) is 18.6 Å². The van der Waals surface area contributed by atoms with E-state index in [1.807, 2.05) is 26.1 Å². The molecule has 2 aromatic heterocycles. The van der Waals surface area contributed by atoms with Crippen molar-refractivity contribution in [3.05, 3.63) is 35.5 Å². The maximum atomic E-state index is 4.54. The lowest BCUT2D eigenvalue weighted by Crippen LogP contribution is -2.47. The van der Waals surface area contributed by atoms with E-state index in [2.05, 4.69) is 36.7 Å². The predicted molar refractivity (Wildman–Crippen MR) is 82.7 cm³/mol. The Bertz CT molecular complexity index is 614. The SMILES string of the molecule is Cc1cc(C)nc(N2CCN(c3ncncc3C)CC2)n1. The summed E-state index contributed by atoms with van der Waals surface area (Å²) in [5.41, 5.74) is 3.16. The summed E-state index contributed by atoms with van der Waals surface area (Å²) in [6.45, 7) is 9.74. The average Bonchev–Trinajstić information content (AvgIpc) is 2.47. The summed E-state index contributed by atoms with van der Waals surface area (Å²) in [5, 5.41) is 0. The molecule has 6 heteroatoms. The zero-order chi connectivity index (χ0) is 14.8. The van der Waals surface area contributed by atoms with Gasteiger partial charge in [-0.2, -0.15) is 0 Å². The van der Waals surface area contributed by atoms with Crippen LogP contribution in [0.2, 0.25) is 0 Å². The van der Waals surface area contributed by atoms with Crippen molar-refractivity contribution >= 4 is 11.8 Å². The van der Waals surface area contributed by atoms with Gasteiger partial charge < -0.3 is 9.80 Å². The lowest BCUT2D eigenvalue weighted by molar-refractivity contribution is 0.631. The number of hydrogen-bond acceptors (Lipinski definition) is 6. The molecule has 0 spiro atoms. The summed E-state index contributed by atoms with van der Waals surface area (Å²) in [7, 11) is 0. The van der Waals surface area contributed by atoms with Crippen molar-refractivity contribution in [2.24, 2.45) is 0 Å². The summed E-state index contributed by atoms with van der Waals surface area (Å²) < 4.78 is 0. The fourth-order valence-electron chi connectivity index (χ4n) is 2.69. The number of nitrogens with zero attached hydrogens (tertiary/aromatic N) is 6. The first kappa shape index (κ1) is 13.7. The van der Waals surface area contributed by atoms with Crippen molar-refractivity contribution in [2.45, 2.75) is 20.8 Å². The highest BCUT2D eigenvalue weighted by atomic mass is 15.3. The minimum atomic E-state index is 0.839. The van der Waals surface area contributed by atoms with E-state index in [4.69, 9.17) is 0 Å². The molecule has 0 atom stereocenters. The Labute approximate surface area is 124 Å². The van der Waals surface area contributed by atoms with E-state index in [0.717, 1.165) is 54.9 Å². The Morgan fingerprint density at radius 2 is 1.52 bits per heavy atom. The lowest BCUT2D eigenvalue weighted by atomic mass is 10.2. The van der Waals surface area contributed by atoms with Crippen LogP contribution in [0.25, 0.3) is 0 Å². The second-order valence-electron chi connectivity index (χ2n) is 5.45. The molecule has 0 aliphatic carbocycles. The summed E-state index contributed by atoms with van der Waals surface area (Å²) in [6.07, 6.45) is 3.48. The number of piperazine rings is 1. The summed E-state index contributed by atoms with van der Waals surface area (Å²) in [5.74, 6) is 1.87. The van der Waals surface area contributed by atoms with E-state index < -0.39 is 0 Å². The molecule has 21 heavy (non-hydrogen) atoms. The van der Waals surface area contributed by atoms with Crippen LogP contribution < -0.4 is 9.80 Å². The van der Waals surface area contributed by atoms with Gasteiger partial charge in [-0.3, -0.25) is 0 Å². The van der Waals surface area contributed by atoms with E-state index in [1.54, 1.807) is 6.33 Å². The molecular formula is C15H20N6. The van der Waals surface area contributed by atoms with Gasteiger partial charge in [0.2, 0.25) is 5.95 Å². The largest absolute Gasteiger partial charge is 0.353 e. The second-order valence-corrected chi connectivity index (χ2v) is 5.45. The summed E-state index contributed by atoms with van der Waals surface area (Å²) in [4.78, 5) is 22.1. The molecule has 6 nitrogen and oxygen atoms in total. The molecule has 0 unspecified atom stereocenters. The van der Waals surface area contributed by atoms with Crippen LogP contribution in [0.1, 0.15) is 17.0 Å². The quantitative estimate of drug-likeness (QED) is 0.833. The van der Waals surface area contributed by atoms with Gasteiger partial charge in [-0.15, -0.1) is 0 Å². The Balaban J connectivity index is 1.72. The van der Waals surface area contributed by atoms with Crippen LogP contribution in [0.4, 0.5) is 11.8 Å². The average molecular weight is 284 g/mol. The van der Waals surface area contributed by atoms with Crippen LogP contribution in [-0.2, 0) is 0 Å². The lowest BCUT2D eigenvalue weighted by Gasteiger charge is -2.36. The zero-order valence-corrected chi connectivity index (χ0v) is 12.7.